The average Bonchev–Trinajstić information content (AvgIpc) is 2.30. The molecule has 0 bridgehead atoms. The van der Waals surface area contributed by atoms with Gasteiger partial charge in [0.2, 0.25) is 0 Å². The van der Waals surface area contributed by atoms with Gasteiger partial charge in [-0.1, -0.05) is 30.3 Å². The number of rotatable bonds is 4. The van der Waals surface area contributed by atoms with Crippen LogP contribution >= 0.6 is 0 Å². The summed E-state index contributed by atoms with van der Waals surface area (Å²) in [5.41, 5.74) is 1.29. The molecule has 0 unspecified atom stereocenters. The topological polar surface area (TPSA) is 32.7 Å². The van der Waals surface area contributed by atoms with Crippen LogP contribution in [0.25, 0.3) is 0 Å². The molecule has 1 aliphatic rings. The first kappa shape index (κ1) is 12.6. The van der Waals surface area contributed by atoms with Crippen molar-refractivity contribution in [1.29, 1.82) is 0 Å². The van der Waals surface area contributed by atoms with Crippen LogP contribution in [-0.2, 0) is 11.3 Å². The normalized spacial score (nSPS) is 26.0. The van der Waals surface area contributed by atoms with Crippen LogP contribution in [0.4, 0.5) is 0 Å². The lowest BCUT2D eigenvalue weighted by atomic mass is 10.0. The van der Waals surface area contributed by atoms with E-state index in [1.54, 1.807) is 0 Å². The SMILES string of the molecule is CCO[C@@H]1C[C@@H](O)CN(Cc2ccccc2)C1. The van der Waals surface area contributed by atoms with Crippen LogP contribution in [-0.4, -0.2) is 41.9 Å². The third-order valence-corrected chi connectivity index (χ3v) is 3.12. The highest BCUT2D eigenvalue weighted by Gasteiger charge is 2.25. The smallest absolute Gasteiger partial charge is 0.0727 e. The van der Waals surface area contributed by atoms with E-state index >= 15 is 0 Å². The van der Waals surface area contributed by atoms with Crippen LogP contribution in [0.2, 0.25) is 0 Å². The quantitative estimate of drug-likeness (QED) is 0.861. The van der Waals surface area contributed by atoms with Crippen LogP contribution in [0, 0.1) is 0 Å². The van der Waals surface area contributed by atoms with Gasteiger partial charge in [-0.05, 0) is 12.5 Å². The zero-order valence-electron chi connectivity index (χ0n) is 10.4. The molecule has 1 fully saturated rings. The fourth-order valence-electron chi connectivity index (χ4n) is 2.44. The third-order valence-electron chi connectivity index (χ3n) is 3.12. The number of benzene rings is 1. The Labute approximate surface area is 103 Å². The van der Waals surface area contributed by atoms with Gasteiger partial charge in [0.05, 0.1) is 12.2 Å². The number of ether oxygens (including phenoxy) is 1. The Balaban J connectivity index is 1.92. The summed E-state index contributed by atoms with van der Waals surface area (Å²) in [4.78, 5) is 2.27. The van der Waals surface area contributed by atoms with Gasteiger partial charge >= 0.3 is 0 Å². The minimum Gasteiger partial charge on any atom is -0.392 e. The predicted molar refractivity (Wildman–Crippen MR) is 67.8 cm³/mol. The van der Waals surface area contributed by atoms with Gasteiger partial charge in [-0.3, -0.25) is 4.90 Å². The van der Waals surface area contributed by atoms with Crippen molar-refractivity contribution >= 4 is 0 Å². The molecule has 1 N–H and O–H groups in total. The van der Waals surface area contributed by atoms with Gasteiger partial charge in [0.25, 0.3) is 0 Å². The molecule has 0 saturated carbocycles. The van der Waals surface area contributed by atoms with E-state index in [-0.39, 0.29) is 12.2 Å². The standard InChI is InChI=1S/C14H21NO2/c1-2-17-14-8-13(16)10-15(11-14)9-12-6-4-3-5-7-12/h3-7,13-14,16H,2,8-11H2,1H3/t13-,14-/m1/s1. The predicted octanol–water partition coefficient (Wildman–Crippen LogP) is 1.66. The van der Waals surface area contributed by atoms with E-state index in [4.69, 9.17) is 4.74 Å². The van der Waals surface area contributed by atoms with Crippen molar-refractivity contribution in [2.24, 2.45) is 0 Å². The third kappa shape index (κ3) is 3.80. The second-order valence-electron chi connectivity index (χ2n) is 4.65. The Morgan fingerprint density at radius 2 is 2.06 bits per heavy atom. The number of nitrogens with zero attached hydrogens (tertiary/aromatic N) is 1. The van der Waals surface area contributed by atoms with E-state index in [1.165, 1.54) is 5.56 Å². The Morgan fingerprint density at radius 3 is 2.76 bits per heavy atom. The molecule has 3 heteroatoms. The van der Waals surface area contributed by atoms with Gasteiger partial charge in [0.1, 0.15) is 0 Å². The highest BCUT2D eigenvalue weighted by molar-refractivity contribution is 5.14. The van der Waals surface area contributed by atoms with Crippen molar-refractivity contribution in [2.45, 2.75) is 32.1 Å². The van der Waals surface area contributed by atoms with Gasteiger partial charge in [-0.25, -0.2) is 0 Å². The van der Waals surface area contributed by atoms with Crippen molar-refractivity contribution < 1.29 is 9.84 Å². The minimum absolute atomic E-state index is 0.174. The number of likely N-dealkylation sites (tertiary alicyclic amines) is 1. The lowest BCUT2D eigenvalue weighted by Gasteiger charge is -2.35. The molecule has 94 valence electrons. The van der Waals surface area contributed by atoms with E-state index in [2.05, 4.69) is 29.2 Å². The molecule has 0 spiro atoms. The molecule has 2 rings (SSSR count). The van der Waals surface area contributed by atoms with E-state index in [1.807, 2.05) is 13.0 Å². The molecule has 0 aromatic heterocycles. The second kappa shape index (κ2) is 6.15. The second-order valence-corrected chi connectivity index (χ2v) is 4.65. The van der Waals surface area contributed by atoms with Crippen molar-refractivity contribution in [1.82, 2.24) is 4.90 Å². The van der Waals surface area contributed by atoms with Crippen molar-refractivity contribution in [3.05, 3.63) is 35.9 Å². The van der Waals surface area contributed by atoms with Crippen LogP contribution in [0.1, 0.15) is 18.9 Å². The minimum atomic E-state index is -0.260. The van der Waals surface area contributed by atoms with Crippen LogP contribution in [0.15, 0.2) is 30.3 Å². The van der Waals surface area contributed by atoms with Gasteiger partial charge in [0, 0.05) is 32.7 Å². The van der Waals surface area contributed by atoms with Crippen LogP contribution in [0.3, 0.4) is 0 Å². The molecule has 1 aliphatic heterocycles. The molecule has 1 aromatic rings. The number of hydrogen-bond acceptors (Lipinski definition) is 3. The fourth-order valence-corrected chi connectivity index (χ4v) is 2.44. The Bertz CT molecular complexity index is 328. The van der Waals surface area contributed by atoms with E-state index < -0.39 is 0 Å². The van der Waals surface area contributed by atoms with Crippen LogP contribution < -0.4 is 0 Å². The van der Waals surface area contributed by atoms with Crippen LogP contribution in [0.5, 0.6) is 0 Å². The number of aliphatic hydroxyl groups is 1. The molecule has 2 atom stereocenters. The maximum Gasteiger partial charge on any atom is 0.0727 e. The summed E-state index contributed by atoms with van der Waals surface area (Å²) in [6.07, 6.45) is 0.676. The first-order valence-electron chi connectivity index (χ1n) is 6.34. The molecule has 1 saturated heterocycles. The van der Waals surface area contributed by atoms with Gasteiger partial charge in [0.15, 0.2) is 0 Å². The highest BCUT2D eigenvalue weighted by atomic mass is 16.5. The summed E-state index contributed by atoms with van der Waals surface area (Å²) in [6, 6.07) is 10.4. The maximum absolute atomic E-state index is 9.83. The van der Waals surface area contributed by atoms with E-state index in [0.29, 0.717) is 0 Å². The monoisotopic (exact) mass is 235 g/mol. The highest BCUT2D eigenvalue weighted by Crippen LogP contribution is 2.16. The zero-order valence-corrected chi connectivity index (χ0v) is 10.4. The number of β-amino-alcohol motifs (C(OH)–C–C–N with tert-alkyl or cyclic N) is 1. The molecule has 1 aromatic carbocycles. The average molecular weight is 235 g/mol. The number of piperidine rings is 1. The Morgan fingerprint density at radius 1 is 1.29 bits per heavy atom. The van der Waals surface area contributed by atoms with Gasteiger partial charge in [-0.2, -0.15) is 0 Å². The lowest BCUT2D eigenvalue weighted by Crippen LogP contribution is -2.46. The Kier molecular flexibility index (Phi) is 4.54. The molecule has 1 heterocycles. The van der Waals surface area contributed by atoms with E-state index in [0.717, 1.165) is 32.7 Å². The summed E-state index contributed by atoms with van der Waals surface area (Å²) >= 11 is 0. The summed E-state index contributed by atoms with van der Waals surface area (Å²) in [6.45, 7) is 5.28. The molecule has 0 amide bonds. The van der Waals surface area contributed by atoms with Crippen molar-refractivity contribution in [3.8, 4) is 0 Å². The maximum atomic E-state index is 9.83. The molecule has 0 radical (unpaired) electrons. The lowest BCUT2D eigenvalue weighted by molar-refractivity contribution is -0.0463. The largest absolute Gasteiger partial charge is 0.392 e. The van der Waals surface area contributed by atoms with E-state index in [9.17, 15) is 5.11 Å². The molecule has 17 heavy (non-hydrogen) atoms. The molecule has 0 aliphatic carbocycles. The molecular weight excluding hydrogens is 214 g/mol. The summed E-state index contributed by atoms with van der Waals surface area (Å²) in [5, 5.41) is 9.83. The van der Waals surface area contributed by atoms with Gasteiger partial charge in [-0.15, -0.1) is 0 Å². The first-order chi connectivity index (χ1) is 8.28. The summed E-state index contributed by atoms with van der Waals surface area (Å²) in [7, 11) is 0. The molecule has 3 nitrogen and oxygen atoms in total. The number of aliphatic hydroxyl groups excluding tert-OH is 1. The van der Waals surface area contributed by atoms with Crippen molar-refractivity contribution in [3.63, 3.8) is 0 Å². The number of hydrogen-bond donors (Lipinski definition) is 1. The summed E-state index contributed by atoms with van der Waals surface area (Å²) in [5.74, 6) is 0. The van der Waals surface area contributed by atoms with Crippen molar-refractivity contribution in [2.75, 3.05) is 19.7 Å². The fraction of sp³-hybridized carbons (Fsp3) is 0.571. The van der Waals surface area contributed by atoms with Gasteiger partial charge < -0.3 is 9.84 Å². The summed E-state index contributed by atoms with van der Waals surface area (Å²) < 4.78 is 5.62. The zero-order chi connectivity index (χ0) is 12.1. The Hall–Kier alpha value is -0.900. The first-order valence-corrected chi connectivity index (χ1v) is 6.34. The molecular formula is C14H21NO2.